The minimum atomic E-state index is -4.62. The second-order valence-electron chi connectivity index (χ2n) is 9.53. The fourth-order valence-corrected chi connectivity index (χ4v) is 5.26. The van der Waals surface area contributed by atoms with Crippen LogP contribution in [0, 0.1) is 0 Å². The lowest BCUT2D eigenvalue weighted by molar-refractivity contribution is -0.159. The molecule has 3 atom stereocenters. The van der Waals surface area contributed by atoms with Gasteiger partial charge in [0.1, 0.15) is 6.04 Å². The zero-order chi connectivity index (χ0) is 26.3. The van der Waals surface area contributed by atoms with Crippen molar-refractivity contribution in [3.63, 3.8) is 0 Å². The topological polar surface area (TPSA) is 65.1 Å². The van der Waals surface area contributed by atoms with Gasteiger partial charge in [-0.2, -0.15) is 13.2 Å². The van der Waals surface area contributed by atoms with Gasteiger partial charge in [0.25, 0.3) is 5.92 Å². The SMILES string of the molecule is CC1C(=O)N2C(CCN3CCC(F)(F)CC3)COCC2CN1C(=O)Nc1ccc(C(F)(F)F)c(Cl)c1. The van der Waals surface area contributed by atoms with E-state index in [9.17, 15) is 31.5 Å². The monoisotopic (exact) mass is 538 g/mol. The molecule has 0 aromatic heterocycles. The average molecular weight is 539 g/mol. The van der Waals surface area contributed by atoms with Crippen molar-refractivity contribution in [2.24, 2.45) is 0 Å². The Morgan fingerprint density at radius 3 is 2.56 bits per heavy atom. The highest BCUT2D eigenvalue weighted by Gasteiger charge is 2.45. The third-order valence-electron chi connectivity index (χ3n) is 7.05. The van der Waals surface area contributed by atoms with Gasteiger partial charge >= 0.3 is 12.2 Å². The molecular formula is C23H28ClF5N4O3. The van der Waals surface area contributed by atoms with Crippen molar-refractivity contribution in [2.75, 3.05) is 44.7 Å². The molecule has 7 nitrogen and oxygen atoms in total. The lowest BCUT2D eigenvalue weighted by Gasteiger charge is -2.50. The maximum atomic E-state index is 13.4. The van der Waals surface area contributed by atoms with Crippen LogP contribution >= 0.6 is 11.6 Å². The van der Waals surface area contributed by atoms with E-state index in [-0.39, 0.29) is 49.7 Å². The van der Waals surface area contributed by atoms with Crippen LogP contribution in [0.4, 0.5) is 32.4 Å². The highest BCUT2D eigenvalue weighted by molar-refractivity contribution is 6.31. The largest absolute Gasteiger partial charge is 0.417 e. The van der Waals surface area contributed by atoms with Crippen molar-refractivity contribution in [2.45, 2.75) is 56.4 Å². The number of halogens is 6. The van der Waals surface area contributed by atoms with E-state index in [2.05, 4.69) is 5.32 Å². The van der Waals surface area contributed by atoms with Crippen molar-refractivity contribution < 1.29 is 36.3 Å². The molecule has 1 aromatic rings. The van der Waals surface area contributed by atoms with Crippen molar-refractivity contribution >= 4 is 29.2 Å². The summed E-state index contributed by atoms with van der Waals surface area (Å²) >= 11 is 5.74. The number of alkyl halides is 5. The summed E-state index contributed by atoms with van der Waals surface area (Å²) in [6, 6.07) is 0.837. The van der Waals surface area contributed by atoms with E-state index in [0.717, 1.165) is 18.2 Å². The van der Waals surface area contributed by atoms with Crippen LogP contribution in [0.2, 0.25) is 5.02 Å². The zero-order valence-corrected chi connectivity index (χ0v) is 20.4. The Balaban J connectivity index is 1.38. The maximum Gasteiger partial charge on any atom is 0.417 e. The molecule has 0 spiro atoms. The van der Waals surface area contributed by atoms with Gasteiger partial charge in [-0.05, 0) is 31.5 Å². The molecule has 0 aliphatic carbocycles. The summed E-state index contributed by atoms with van der Waals surface area (Å²) in [4.78, 5) is 31.2. The molecule has 1 aromatic carbocycles. The van der Waals surface area contributed by atoms with Crippen LogP contribution in [-0.2, 0) is 15.7 Å². The number of ether oxygens (including phenoxy) is 1. The maximum absolute atomic E-state index is 13.4. The molecule has 36 heavy (non-hydrogen) atoms. The van der Waals surface area contributed by atoms with Crippen molar-refractivity contribution in [3.05, 3.63) is 28.8 Å². The normalized spacial score (nSPS) is 27.1. The summed E-state index contributed by atoms with van der Waals surface area (Å²) in [5.41, 5.74) is -0.937. The zero-order valence-electron chi connectivity index (χ0n) is 19.7. The number of fused-ring (bicyclic) bond motifs is 1. The van der Waals surface area contributed by atoms with Crippen LogP contribution in [-0.4, -0.2) is 90.1 Å². The molecule has 3 fully saturated rings. The molecule has 0 saturated carbocycles. The summed E-state index contributed by atoms with van der Waals surface area (Å²) in [5.74, 6) is -2.88. The number of urea groups is 1. The molecule has 3 unspecified atom stereocenters. The first-order valence-corrected chi connectivity index (χ1v) is 12.2. The summed E-state index contributed by atoms with van der Waals surface area (Å²) < 4.78 is 71.4. The highest BCUT2D eigenvalue weighted by atomic mass is 35.5. The number of anilines is 1. The Morgan fingerprint density at radius 2 is 1.92 bits per heavy atom. The van der Waals surface area contributed by atoms with Crippen LogP contribution in [0.3, 0.4) is 0 Å². The molecular weight excluding hydrogens is 511 g/mol. The highest BCUT2D eigenvalue weighted by Crippen LogP contribution is 2.36. The summed E-state index contributed by atoms with van der Waals surface area (Å²) in [6.07, 6.45) is -4.40. The van der Waals surface area contributed by atoms with Gasteiger partial charge in [0.2, 0.25) is 5.91 Å². The molecule has 200 valence electrons. The number of benzene rings is 1. The van der Waals surface area contributed by atoms with Crippen LogP contribution in [0.1, 0.15) is 31.7 Å². The van der Waals surface area contributed by atoms with Crippen LogP contribution in [0.15, 0.2) is 18.2 Å². The minimum absolute atomic E-state index is 0.0740. The standard InChI is InChI=1S/C23H28ClF5N4O3/c1-14-20(34)33-16(4-7-31-8-5-22(25,26)6-9-31)12-36-13-17(33)11-32(14)21(35)30-15-2-3-18(19(24)10-15)23(27,28)29/h2-3,10,14,16-17H,4-9,11-13H2,1H3,(H,30,35). The summed E-state index contributed by atoms with van der Waals surface area (Å²) in [7, 11) is 0. The van der Waals surface area contributed by atoms with E-state index in [4.69, 9.17) is 16.3 Å². The number of rotatable bonds is 4. The summed E-state index contributed by atoms with van der Waals surface area (Å²) in [6.45, 7) is 3.51. The van der Waals surface area contributed by atoms with Gasteiger partial charge in [0.05, 0.1) is 35.9 Å². The molecule has 0 bridgehead atoms. The van der Waals surface area contributed by atoms with Gasteiger partial charge < -0.3 is 24.8 Å². The number of likely N-dealkylation sites (tertiary alicyclic amines) is 1. The average Bonchev–Trinajstić information content (AvgIpc) is 2.79. The van der Waals surface area contributed by atoms with E-state index >= 15 is 0 Å². The second-order valence-corrected chi connectivity index (χ2v) is 9.93. The van der Waals surface area contributed by atoms with Crippen molar-refractivity contribution in [1.29, 1.82) is 0 Å². The van der Waals surface area contributed by atoms with Gasteiger partial charge in [0.15, 0.2) is 0 Å². The van der Waals surface area contributed by atoms with E-state index in [1.165, 1.54) is 4.90 Å². The predicted octanol–water partition coefficient (Wildman–Crippen LogP) is 4.31. The number of piperazine rings is 1. The van der Waals surface area contributed by atoms with Crippen LogP contribution in [0.5, 0.6) is 0 Å². The van der Waals surface area contributed by atoms with E-state index in [0.29, 0.717) is 32.7 Å². The quantitative estimate of drug-likeness (QED) is 0.580. The molecule has 3 heterocycles. The Hall–Kier alpha value is -2.18. The lowest BCUT2D eigenvalue weighted by Crippen LogP contribution is -2.68. The van der Waals surface area contributed by atoms with Gasteiger partial charge in [-0.25, -0.2) is 13.6 Å². The van der Waals surface area contributed by atoms with E-state index < -0.39 is 34.8 Å². The van der Waals surface area contributed by atoms with Crippen molar-refractivity contribution in [3.8, 4) is 0 Å². The van der Waals surface area contributed by atoms with Gasteiger partial charge in [0, 0.05) is 44.7 Å². The fourth-order valence-electron chi connectivity index (χ4n) is 4.97. The number of nitrogens with zero attached hydrogens (tertiary/aromatic N) is 3. The molecule has 3 saturated heterocycles. The van der Waals surface area contributed by atoms with E-state index in [1.807, 2.05) is 4.90 Å². The molecule has 0 radical (unpaired) electrons. The number of amides is 3. The van der Waals surface area contributed by atoms with E-state index in [1.54, 1.807) is 11.8 Å². The Bertz CT molecular complexity index is 985. The fraction of sp³-hybridized carbons (Fsp3) is 0.652. The number of morpholine rings is 1. The molecule has 1 N–H and O–H groups in total. The Kier molecular flexibility index (Phi) is 7.68. The number of carbonyl (C=O) groups excluding carboxylic acids is 2. The molecule has 3 aliphatic heterocycles. The smallest absolute Gasteiger partial charge is 0.377 e. The Labute approximate surface area is 210 Å². The second kappa shape index (κ2) is 10.3. The number of nitrogens with one attached hydrogen (secondary N) is 1. The number of carbonyl (C=O) groups is 2. The molecule has 3 amide bonds. The minimum Gasteiger partial charge on any atom is -0.377 e. The lowest BCUT2D eigenvalue weighted by atomic mass is 9.99. The van der Waals surface area contributed by atoms with Gasteiger partial charge in [-0.1, -0.05) is 11.6 Å². The Morgan fingerprint density at radius 1 is 1.22 bits per heavy atom. The van der Waals surface area contributed by atoms with Crippen molar-refractivity contribution in [1.82, 2.24) is 14.7 Å². The van der Waals surface area contributed by atoms with Crippen LogP contribution < -0.4 is 5.32 Å². The molecule has 4 rings (SSSR count). The number of piperidine rings is 1. The third kappa shape index (κ3) is 5.86. The van der Waals surface area contributed by atoms with Gasteiger partial charge in [-0.15, -0.1) is 0 Å². The summed E-state index contributed by atoms with van der Waals surface area (Å²) in [5, 5.41) is 1.97. The first kappa shape index (κ1) is 26.9. The third-order valence-corrected chi connectivity index (χ3v) is 7.36. The number of hydrogen-bond acceptors (Lipinski definition) is 4. The predicted molar refractivity (Wildman–Crippen MR) is 122 cm³/mol. The molecule has 3 aliphatic rings. The van der Waals surface area contributed by atoms with Crippen LogP contribution in [0.25, 0.3) is 0 Å². The molecule has 13 heteroatoms. The first-order chi connectivity index (χ1) is 16.9. The first-order valence-electron chi connectivity index (χ1n) is 11.8. The number of hydrogen-bond donors (Lipinski definition) is 1. The van der Waals surface area contributed by atoms with Gasteiger partial charge in [-0.3, -0.25) is 4.79 Å².